The minimum Gasteiger partial charge on any atom is -0.317 e. The predicted octanol–water partition coefficient (Wildman–Crippen LogP) is 4.79. The van der Waals surface area contributed by atoms with Crippen LogP contribution in [0.1, 0.15) is 30.4 Å². The van der Waals surface area contributed by atoms with Gasteiger partial charge in [-0.15, -0.1) is 0 Å². The molecule has 0 unspecified atom stereocenters. The van der Waals surface area contributed by atoms with E-state index in [0.29, 0.717) is 10.0 Å². The molecule has 2 N–H and O–H groups in total. The Hall–Kier alpha value is -1.06. The number of hydrogen-bond donors (Lipinski definition) is 2. The molecule has 0 aromatic heterocycles. The van der Waals surface area contributed by atoms with Crippen LogP contribution in [0.3, 0.4) is 0 Å². The highest BCUT2D eigenvalue weighted by Crippen LogP contribution is 2.36. The molecule has 1 saturated heterocycles. The summed E-state index contributed by atoms with van der Waals surface area (Å²) in [5, 5.41) is 8.43. The van der Waals surface area contributed by atoms with Gasteiger partial charge in [0.15, 0.2) is 0 Å². The normalized spacial score (nSPS) is 16.9. The van der Waals surface area contributed by atoms with Gasteiger partial charge in [0.2, 0.25) is 0 Å². The fourth-order valence-electron chi connectivity index (χ4n) is 3.65. The van der Waals surface area contributed by atoms with Crippen LogP contribution in [0.5, 0.6) is 0 Å². The summed E-state index contributed by atoms with van der Waals surface area (Å²) in [6, 6.07) is 16.7. The third-order valence-electron chi connectivity index (χ3n) is 4.98. The molecule has 1 fully saturated rings. The minimum atomic E-state index is 0.283. The van der Waals surface area contributed by atoms with Crippen LogP contribution >= 0.6 is 23.2 Å². The first kappa shape index (κ1) is 17.8. The summed E-state index contributed by atoms with van der Waals surface area (Å²) in [5.74, 6) is 0. The lowest BCUT2D eigenvalue weighted by Gasteiger charge is -2.38. The Kier molecular flexibility index (Phi) is 6.18. The zero-order valence-electron chi connectivity index (χ0n) is 13.8. The fraction of sp³-hybridized carbons (Fsp3) is 0.400. The second-order valence-electron chi connectivity index (χ2n) is 6.60. The third kappa shape index (κ3) is 4.52. The highest BCUT2D eigenvalue weighted by molar-refractivity contribution is 6.34. The van der Waals surface area contributed by atoms with Crippen molar-refractivity contribution in [2.75, 3.05) is 19.6 Å². The minimum absolute atomic E-state index is 0.283. The van der Waals surface area contributed by atoms with Crippen molar-refractivity contribution in [3.8, 4) is 0 Å². The lowest BCUT2D eigenvalue weighted by atomic mass is 9.71. The Morgan fingerprint density at radius 2 is 1.62 bits per heavy atom. The van der Waals surface area contributed by atoms with Crippen molar-refractivity contribution >= 4 is 23.2 Å². The maximum Gasteiger partial charge on any atom is 0.0424 e. The summed E-state index contributed by atoms with van der Waals surface area (Å²) in [7, 11) is 0. The average Bonchev–Trinajstić information content (AvgIpc) is 2.60. The van der Waals surface area contributed by atoms with Crippen molar-refractivity contribution in [1.29, 1.82) is 0 Å². The van der Waals surface area contributed by atoms with Crippen LogP contribution < -0.4 is 10.6 Å². The zero-order valence-corrected chi connectivity index (χ0v) is 15.3. The van der Waals surface area contributed by atoms with E-state index in [1.54, 1.807) is 6.07 Å². The van der Waals surface area contributed by atoms with Gasteiger partial charge < -0.3 is 10.6 Å². The molecule has 0 aliphatic carbocycles. The Labute approximate surface area is 154 Å². The van der Waals surface area contributed by atoms with Gasteiger partial charge in [-0.25, -0.2) is 0 Å². The smallest absolute Gasteiger partial charge is 0.0424 e. The average molecular weight is 363 g/mol. The molecule has 128 valence electrons. The van der Waals surface area contributed by atoms with Crippen molar-refractivity contribution in [2.24, 2.45) is 0 Å². The zero-order chi connectivity index (χ0) is 16.8. The number of hydrogen-bond acceptors (Lipinski definition) is 2. The van der Waals surface area contributed by atoms with Gasteiger partial charge in [0.1, 0.15) is 0 Å². The molecule has 0 saturated carbocycles. The van der Waals surface area contributed by atoms with E-state index in [-0.39, 0.29) is 5.41 Å². The van der Waals surface area contributed by atoms with Crippen LogP contribution in [0.15, 0.2) is 48.5 Å². The number of benzene rings is 2. The summed E-state index contributed by atoms with van der Waals surface area (Å²) in [6.45, 7) is 3.97. The van der Waals surface area contributed by atoms with Crippen LogP contribution in [0.25, 0.3) is 0 Å². The summed E-state index contributed by atoms with van der Waals surface area (Å²) in [5.41, 5.74) is 2.89. The van der Waals surface area contributed by atoms with Crippen molar-refractivity contribution in [3.05, 3.63) is 69.7 Å². The number of piperidine rings is 1. The molecule has 1 heterocycles. The van der Waals surface area contributed by atoms with E-state index in [9.17, 15) is 0 Å². The molecule has 4 heteroatoms. The van der Waals surface area contributed by atoms with Gasteiger partial charge in [0.25, 0.3) is 0 Å². The maximum absolute atomic E-state index is 6.07. The summed E-state index contributed by atoms with van der Waals surface area (Å²) >= 11 is 12.1. The third-order valence-corrected chi connectivity index (χ3v) is 5.42. The Bertz CT molecular complexity index is 632. The second-order valence-corrected chi connectivity index (χ2v) is 7.47. The molecular weight excluding hydrogens is 339 g/mol. The van der Waals surface area contributed by atoms with Crippen LogP contribution in [0.2, 0.25) is 10.0 Å². The predicted molar refractivity (Wildman–Crippen MR) is 103 cm³/mol. The van der Waals surface area contributed by atoms with Crippen LogP contribution in [0, 0.1) is 0 Å². The molecule has 1 aliphatic rings. The topological polar surface area (TPSA) is 24.1 Å². The molecule has 2 aromatic carbocycles. The second kappa shape index (κ2) is 8.35. The molecule has 3 rings (SSSR count). The molecule has 1 aliphatic heterocycles. The summed E-state index contributed by atoms with van der Waals surface area (Å²) in [6.07, 6.45) is 3.54. The molecular formula is C20H24Cl2N2. The van der Waals surface area contributed by atoms with Crippen molar-refractivity contribution in [2.45, 2.75) is 31.2 Å². The number of rotatable bonds is 6. The van der Waals surface area contributed by atoms with Gasteiger partial charge in [-0.1, -0.05) is 53.5 Å². The lowest BCUT2D eigenvalue weighted by molar-refractivity contribution is 0.284. The standard InChI is InChI=1S/C20H24Cl2N2/c21-18-12-16(13-19(22)14-18)15-24-11-8-20(6-9-23-10-7-20)17-4-2-1-3-5-17/h1-5,12-14,23-24H,6-11,15H2. The van der Waals surface area contributed by atoms with E-state index >= 15 is 0 Å². The molecule has 2 aromatic rings. The van der Waals surface area contributed by atoms with Gasteiger partial charge in [-0.2, -0.15) is 0 Å². The fourth-order valence-corrected chi connectivity index (χ4v) is 4.22. The van der Waals surface area contributed by atoms with Gasteiger partial charge in [0.05, 0.1) is 0 Å². The SMILES string of the molecule is Clc1cc(Cl)cc(CNCCC2(c3ccccc3)CCNCC2)c1. The Morgan fingerprint density at radius 3 is 2.29 bits per heavy atom. The van der Waals surface area contributed by atoms with Crippen molar-refractivity contribution in [1.82, 2.24) is 10.6 Å². The molecule has 0 radical (unpaired) electrons. The number of nitrogens with one attached hydrogen (secondary N) is 2. The van der Waals surface area contributed by atoms with Gasteiger partial charge in [-0.3, -0.25) is 0 Å². The quantitative estimate of drug-likeness (QED) is 0.721. The van der Waals surface area contributed by atoms with E-state index < -0.39 is 0 Å². The highest BCUT2D eigenvalue weighted by Gasteiger charge is 2.32. The molecule has 2 nitrogen and oxygen atoms in total. The van der Waals surface area contributed by atoms with Gasteiger partial charge >= 0.3 is 0 Å². The van der Waals surface area contributed by atoms with E-state index in [1.807, 2.05) is 12.1 Å². The monoisotopic (exact) mass is 362 g/mol. The largest absolute Gasteiger partial charge is 0.317 e. The molecule has 24 heavy (non-hydrogen) atoms. The number of halogens is 2. The first-order valence-corrected chi connectivity index (χ1v) is 9.36. The maximum atomic E-state index is 6.07. The first-order valence-electron chi connectivity index (χ1n) is 8.60. The van der Waals surface area contributed by atoms with Crippen LogP contribution in [-0.2, 0) is 12.0 Å². The van der Waals surface area contributed by atoms with Gasteiger partial charge in [-0.05, 0) is 73.6 Å². The van der Waals surface area contributed by atoms with Crippen LogP contribution in [0.4, 0.5) is 0 Å². The van der Waals surface area contributed by atoms with E-state index in [1.165, 1.54) is 18.4 Å². The molecule has 0 amide bonds. The summed E-state index contributed by atoms with van der Waals surface area (Å²) < 4.78 is 0. The van der Waals surface area contributed by atoms with Gasteiger partial charge in [0, 0.05) is 16.6 Å². The first-order chi connectivity index (χ1) is 11.7. The lowest BCUT2D eigenvalue weighted by Crippen LogP contribution is -2.41. The Morgan fingerprint density at radius 1 is 0.958 bits per heavy atom. The van der Waals surface area contributed by atoms with E-state index in [2.05, 4.69) is 41.0 Å². The molecule has 0 bridgehead atoms. The van der Waals surface area contributed by atoms with Crippen molar-refractivity contribution < 1.29 is 0 Å². The highest BCUT2D eigenvalue weighted by atomic mass is 35.5. The van der Waals surface area contributed by atoms with Crippen molar-refractivity contribution in [3.63, 3.8) is 0 Å². The Balaban J connectivity index is 1.60. The molecule has 0 spiro atoms. The van der Waals surface area contributed by atoms with E-state index in [0.717, 1.165) is 38.2 Å². The van der Waals surface area contributed by atoms with Crippen LogP contribution in [-0.4, -0.2) is 19.6 Å². The van der Waals surface area contributed by atoms with E-state index in [4.69, 9.17) is 23.2 Å². The molecule has 0 atom stereocenters. The summed E-state index contributed by atoms with van der Waals surface area (Å²) in [4.78, 5) is 0.